The first kappa shape index (κ1) is 55.4. The van der Waals surface area contributed by atoms with Crippen molar-refractivity contribution in [3.63, 3.8) is 0 Å². The van der Waals surface area contributed by atoms with Gasteiger partial charge in [-0.3, -0.25) is 14.4 Å². The molecule has 57 heavy (non-hydrogen) atoms. The minimum Gasteiger partial charge on any atom is -0.462 e. The summed E-state index contributed by atoms with van der Waals surface area (Å²) < 4.78 is 16.7. The van der Waals surface area contributed by atoms with E-state index in [9.17, 15) is 14.4 Å². The molecular weight excluding hydrogens is 709 g/mol. The van der Waals surface area contributed by atoms with Crippen molar-refractivity contribution in [2.24, 2.45) is 11.8 Å². The first-order valence-electron chi connectivity index (χ1n) is 25.2. The molecule has 6 nitrogen and oxygen atoms in total. The molecule has 0 aliphatic carbocycles. The van der Waals surface area contributed by atoms with Crippen LogP contribution in [0.15, 0.2) is 0 Å². The molecule has 1 atom stereocenters. The van der Waals surface area contributed by atoms with E-state index in [-0.39, 0.29) is 31.1 Å². The van der Waals surface area contributed by atoms with E-state index >= 15 is 0 Å². The summed E-state index contributed by atoms with van der Waals surface area (Å²) in [6, 6.07) is 0. The van der Waals surface area contributed by atoms with Crippen LogP contribution in [0.1, 0.15) is 279 Å². The maximum Gasteiger partial charge on any atom is 0.306 e. The van der Waals surface area contributed by atoms with Crippen LogP contribution in [0.25, 0.3) is 0 Å². The molecule has 0 bridgehead atoms. The minimum atomic E-state index is -0.759. The number of carbonyl (C=O) groups is 3. The van der Waals surface area contributed by atoms with Gasteiger partial charge in [0.15, 0.2) is 6.10 Å². The zero-order valence-electron chi connectivity index (χ0n) is 39.0. The lowest BCUT2D eigenvalue weighted by molar-refractivity contribution is -0.167. The summed E-state index contributed by atoms with van der Waals surface area (Å²) in [7, 11) is 0. The highest BCUT2D eigenvalue weighted by atomic mass is 16.6. The Kier molecular flexibility index (Phi) is 42.7. The topological polar surface area (TPSA) is 78.9 Å². The van der Waals surface area contributed by atoms with Gasteiger partial charge in [0.1, 0.15) is 13.2 Å². The van der Waals surface area contributed by atoms with Crippen LogP contribution < -0.4 is 0 Å². The highest BCUT2D eigenvalue weighted by Gasteiger charge is 2.19. The number of unbranched alkanes of at least 4 members (excludes halogenated alkanes) is 30. The van der Waals surface area contributed by atoms with Gasteiger partial charge < -0.3 is 14.2 Å². The Morgan fingerprint density at radius 1 is 0.333 bits per heavy atom. The summed E-state index contributed by atoms with van der Waals surface area (Å²) >= 11 is 0. The Labute approximate surface area is 355 Å². The van der Waals surface area contributed by atoms with E-state index in [2.05, 4.69) is 34.6 Å². The van der Waals surface area contributed by atoms with Crippen LogP contribution in [0.3, 0.4) is 0 Å². The van der Waals surface area contributed by atoms with E-state index in [1.165, 1.54) is 161 Å². The largest absolute Gasteiger partial charge is 0.462 e. The van der Waals surface area contributed by atoms with Gasteiger partial charge in [-0.15, -0.1) is 0 Å². The van der Waals surface area contributed by atoms with Gasteiger partial charge in [-0.25, -0.2) is 0 Å². The summed E-state index contributed by atoms with van der Waals surface area (Å²) in [5.41, 5.74) is 0. The quantitative estimate of drug-likeness (QED) is 0.0346. The number of hydrogen-bond donors (Lipinski definition) is 0. The van der Waals surface area contributed by atoms with Gasteiger partial charge in [-0.2, -0.15) is 0 Å². The fraction of sp³-hybridized carbons (Fsp3) is 0.941. The summed E-state index contributed by atoms with van der Waals surface area (Å²) in [6.45, 7) is 11.3. The van der Waals surface area contributed by atoms with Crippen LogP contribution in [0.5, 0.6) is 0 Å². The SMILES string of the molecule is CCCCCCCC(=O)OC[C@H](COC(=O)CCCCCCCCCCCCC(C)C)OC(=O)CCCCCCCCCCCCCCCCCCCCC(C)C. The van der Waals surface area contributed by atoms with Gasteiger partial charge in [0.25, 0.3) is 0 Å². The molecule has 0 amide bonds. The smallest absolute Gasteiger partial charge is 0.306 e. The zero-order valence-corrected chi connectivity index (χ0v) is 39.0. The molecule has 0 aromatic heterocycles. The molecule has 0 radical (unpaired) electrons. The maximum absolute atomic E-state index is 12.7. The molecule has 0 spiro atoms. The molecule has 0 saturated heterocycles. The number of hydrogen-bond acceptors (Lipinski definition) is 6. The van der Waals surface area contributed by atoms with Gasteiger partial charge in [0, 0.05) is 19.3 Å². The molecule has 0 aliphatic heterocycles. The van der Waals surface area contributed by atoms with Crippen molar-refractivity contribution < 1.29 is 28.6 Å². The summed E-state index contributed by atoms with van der Waals surface area (Å²) in [6.07, 6.45) is 44.1. The average molecular weight is 807 g/mol. The minimum absolute atomic E-state index is 0.0652. The summed E-state index contributed by atoms with van der Waals surface area (Å²) in [5, 5.41) is 0. The molecule has 0 saturated carbocycles. The summed E-state index contributed by atoms with van der Waals surface area (Å²) in [5.74, 6) is 0.812. The number of carbonyl (C=O) groups excluding carboxylic acids is 3. The van der Waals surface area contributed by atoms with Crippen LogP contribution in [-0.2, 0) is 28.6 Å². The van der Waals surface area contributed by atoms with Crippen molar-refractivity contribution in [2.45, 2.75) is 285 Å². The van der Waals surface area contributed by atoms with Crippen LogP contribution >= 0.6 is 0 Å². The van der Waals surface area contributed by atoms with Crippen molar-refractivity contribution in [3.05, 3.63) is 0 Å². The summed E-state index contributed by atoms with van der Waals surface area (Å²) in [4.78, 5) is 37.6. The standard InChI is InChI=1S/C51H98O6/c1-6-7-8-29-36-41-49(52)55-44-48(45-56-50(53)42-37-32-27-23-20-19-22-26-31-35-40-47(4)5)57-51(54)43-38-33-28-24-18-16-14-12-10-9-11-13-15-17-21-25-30-34-39-46(2)3/h46-48H,6-45H2,1-5H3/t48-/m1/s1. The molecule has 6 heteroatoms. The van der Waals surface area contributed by atoms with Gasteiger partial charge in [-0.05, 0) is 31.1 Å². The van der Waals surface area contributed by atoms with E-state index in [1.54, 1.807) is 0 Å². The fourth-order valence-electron chi connectivity index (χ4n) is 7.64. The van der Waals surface area contributed by atoms with Crippen LogP contribution in [0.4, 0.5) is 0 Å². The van der Waals surface area contributed by atoms with Crippen LogP contribution in [0, 0.1) is 11.8 Å². The molecule has 0 rings (SSSR count). The van der Waals surface area contributed by atoms with E-state index in [4.69, 9.17) is 14.2 Å². The second-order valence-electron chi connectivity index (χ2n) is 18.4. The predicted octanol–water partition coefficient (Wildman–Crippen LogP) is 16.1. The normalized spacial score (nSPS) is 12.1. The van der Waals surface area contributed by atoms with Gasteiger partial charge in [0.05, 0.1) is 0 Å². The first-order chi connectivity index (χ1) is 27.7. The molecule has 0 aliphatic rings. The Morgan fingerprint density at radius 2 is 0.579 bits per heavy atom. The van der Waals surface area contributed by atoms with E-state index in [0.717, 1.165) is 76.0 Å². The third-order valence-electron chi connectivity index (χ3n) is 11.5. The lowest BCUT2D eigenvalue weighted by Crippen LogP contribution is -2.30. The molecular formula is C51H98O6. The maximum atomic E-state index is 12.7. The van der Waals surface area contributed by atoms with Crippen molar-refractivity contribution in [3.8, 4) is 0 Å². The zero-order chi connectivity index (χ0) is 41.9. The van der Waals surface area contributed by atoms with Crippen LogP contribution in [-0.4, -0.2) is 37.2 Å². The van der Waals surface area contributed by atoms with E-state index in [1.807, 2.05) is 0 Å². The predicted molar refractivity (Wildman–Crippen MR) is 243 cm³/mol. The third-order valence-corrected chi connectivity index (χ3v) is 11.5. The molecule has 338 valence electrons. The van der Waals surface area contributed by atoms with Gasteiger partial charge in [0.2, 0.25) is 0 Å². The van der Waals surface area contributed by atoms with Crippen molar-refractivity contribution >= 4 is 17.9 Å². The van der Waals surface area contributed by atoms with Crippen molar-refractivity contribution in [2.75, 3.05) is 13.2 Å². The second kappa shape index (κ2) is 44.0. The van der Waals surface area contributed by atoms with Gasteiger partial charge >= 0.3 is 17.9 Å². The van der Waals surface area contributed by atoms with E-state index in [0.29, 0.717) is 19.3 Å². The Morgan fingerprint density at radius 3 is 0.860 bits per heavy atom. The fourth-order valence-corrected chi connectivity index (χ4v) is 7.64. The monoisotopic (exact) mass is 807 g/mol. The lowest BCUT2D eigenvalue weighted by atomic mass is 10.0. The average Bonchev–Trinajstić information content (AvgIpc) is 3.18. The molecule has 0 aromatic rings. The number of rotatable bonds is 45. The molecule has 0 unspecified atom stereocenters. The van der Waals surface area contributed by atoms with Crippen LogP contribution in [0.2, 0.25) is 0 Å². The molecule has 0 fully saturated rings. The lowest BCUT2D eigenvalue weighted by Gasteiger charge is -2.18. The van der Waals surface area contributed by atoms with Crippen molar-refractivity contribution in [1.29, 1.82) is 0 Å². The highest BCUT2D eigenvalue weighted by Crippen LogP contribution is 2.17. The highest BCUT2D eigenvalue weighted by molar-refractivity contribution is 5.71. The molecule has 0 N–H and O–H groups in total. The third kappa shape index (κ3) is 45.3. The van der Waals surface area contributed by atoms with E-state index < -0.39 is 6.10 Å². The Hall–Kier alpha value is -1.59. The molecule has 0 heterocycles. The Balaban J connectivity index is 4.08. The Bertz CT molecular complexity index is 870. The number of esters is 3. The first-order valence-corrected chi connectivity index (χ1v) is 25.2. The number of ether oxygens (including phenoxy) is 3. The molecule has 0 aromatic carbocycles. The second-order valence-corrected chi connectivity index (χ2v) is 18.4. The van der Waals surface area contributed by atoms with Crippen molar-refractivity contribution in [1.82, 2.24) is 0 Å². The van der Waals surface area contributed by atoms with Gasteiger partial charge in [-0.1, -0.05) is 240 Å².